The highest BCUT2D eigenvalue weighted by atomic mass is 16.5. The lowest BCUT2D eigenvalue weighted by atomic mass is 9.93. The van der Waals surface area contributed by atoms with E-state index < -0.39 is 0 Å². The minimum atomic E-state index is -0.143. The molecule has 1 saturated carbocycles. The summed E-state index contributed by atoms with van der Waals surface area (Å²) in [6.45, 7) is 0.985. The Morgan fingerprint density at radius 1 is 1.33 bits per heavy atom. The standard InChI is InChI=1S/C13H19N3O2/c14-8-9-18-12-6-4-11(5-7-12)16-13(17)15-10-2-1-3-10/h4-7,10H,1-3,8-9,14H2,(H2,15,16,17). The van der Waals surface area contributed by atoms with Gasteiger partial charge in [-0.15, -0.1) is 0 Å². The van der Waals surface area contributed by atoms with Crippen LogP contribution in [0.25, 0.3) is 0 Å². The van der Waals surface area contributed by atoms with Gasteiger partial charge in [-0.2, -0.15) is 0 Å². The Bertz CT molecular complexity index is 388. The largest absolute Gasteiger partial charge is 0.492 e. The number of carbonyl (C=O) groups excluding carboxylic acids is 1. The van der Waals surface area contributed by atoms with Crippen molar-refractivity contribution in [1.29, 1.82) is 0 Å². The van der Waals surface area contributed by atoms with Crippen LogP contribution in [0.4, 0.5) is 10.5 Å². The summed E-state index contributed by atoms with van der Waals surface area (Å²) in [6, 6.07) is 7.45. The second-order valence-corrected chi connectivity index (χ2v) is 4.39. The number of hydrogen-bond acceptors (Lipinski definition) is 3. The number of rotatable bonds is 5. The number of urea groups is 1. The van der Waals surface area contributed by atoms with E-state index >= 15 is 0 Å². The van der Waals surface area contributed by atoms with Gasteiger partial charge in [0.15, 0.2) is 0 Å². The summed E-state index contributed by atoms with van der Waals surface area (Å²) in [6.07, 6.45) is 3.37. The molecule has 0 aromatic heterocycles. The summed E-state index contributed by atoms with van der Waals surface area (Å²) in [5.74, 6) is 0.755. The molecule has 0 heterocycles. The summed E-state index contributed by atoms with van der Waals surface area (Å²) in [5.41, 5.74) is 6.10. The number of ether oxygens (including phenoxy) is 1. The zero-order chi connectivity index (χ0) is 12.8. The number of anilines is 1. The predicted molar refractivity (Wildman–Crippen MR) is 70.8 cm³/mol. The van der Waals surface area contributed by atoms with Crippen molar-refractivity contribution in [2.24, 2.45) is 5.73 Å². The Labute approximate surface area is 107 Å². The lowest BCUT2D eigenvalue weighted by Crippen LogP contribution is -2.41. The molecular formula is C13H19N3O2. The Balaban J connectivity index is 1.79. The van der Waals surface area contributed by atoms with Crippen LogP contribution in [0.1, 0.15) is 19.3 Å². The molecule has 18 heavy (non-hydrogen) atoms. The number of benzene rings is 1. The van der Waals surface area contributed by atoms with E-state index in [0.717, 1.165) is 24.3 Å². The molecule has 1 fully saturated rings. The fraction of sp³-hybridized carbons (Fsp3) is 0.462. The van der Waals surface area contributed by atoms with Gasteiger partial charge in [0.1, 0.15) is 12.4 Å². The monoisotopic (exact) mass is 249 g/mol. The maximum atomic E-state index is 11.6. The first-order chi connectivity index (χ1) is 8.78. The summed E-state index contributed by atoms with van der Waals surface area (Å²) in [5, 5.41) is 5.71. The van der Waals surface area contributed by atoms with Crippen molar-refractivity contribution < 1.29 is 9.53 Å². The smallest absolute Gasteiger partial charge is 0.319 e. The topological polar surface area (TPSA) is 76.4 Å². The third-order valence-corrected chi connectivity index (χ3v) is 2.94. The molecule has 2 rings (SSSR count). The highest BCUT2D eigenvalue weighted by molar-refractivity contribution is 5.89. The van der Waals surface area contributed by atoms with Crippen LogP contribution in [0, 0.1) is 0 Å². The molecule has 0 bridgehead atoms. The number of hydrogen-bond donors (Lipinski definition) is 3. The van der Waals surface area contributed by atoms with Gasteiger partial charge in [-0.25, -0.2) is 4.79 Å². The van der Waals surface area contributed by atoms with Crippen LogP contribution in [0.2, 0.25) is 0 Å². The lowest BCUT2D eigenvalue weighted by Gasteiger charge is -2.26. The van der Waals surface area contributed by atoms with Crippen LogP contribution in [-0.4, -0.2) is 25.2 Å². The minimum absolute atomic E-state index is 0.143. The Hall–Kier alpha value is -1.75. The second kappa shape index (κ2) is 6.26. The van der Waals surface area contributed by atoms with Crippen molar-refractivity contribution >= 4 is 11.7 Å². The summed E-state index contributed by atoms with van der Waals surface area (Å²) < 4.78 is 5.35. The molecule has 1 aromatic rings. The summed E-state index contributed by atoms with van der Waals surface area (Å²) >= 11 is 0. The van der Waals surface area contributed by atoms with Crippen LogP contribution in [-0.2, 0) is 0 Å². The molecule has 0 saturated heterocycles. The van der Waals surface area contributed by atoms with Crippen LogP contribution in [0.3, 0.4) is 0 Å². The second-order valence-electron chi connectivity index (χ2n) is 4.39. The fourth-order valence-electron chi connectivity index (χ4n) is 1.72. The van der Waals surface area contributed by atoms with E-state index in [9.17, 15) is 4.79 Å². The Morgan fingerprint density at radius 3 is 2.61 bits per heavy atom. The SMILES string of the molecule is NCCOc1ccc(NC(=O)NC2CCC2)cc1. The van der Waals surface area contributed by atoms with Crippen molar-refractivity contribution in [3.8, 4) is 5.75 Å². The molecule has 1 aromatic carbocycles. The number of carbonyl (C=O) groups is 1. The minimum Gasteiger partial charge on any atom is -0.492 e. The maximum Gasteiger partial charge on any atom is 0.319 e. The van der Waals surface area contributed by atoms with Crippen LogP contribution in [0.15, 0.2) is 24.3 Å². The lowest BCUT2D eigenvalue weighted by molar-refractivity contribution is 0.240. The van der Waals surface area contributed by atoms with E-state index in [4.69, 9.17) is 10.5 Å². The molecule has 0 unspecified atom stereocenters. The van der Waals surface area contributed by atoms with E-state index in [1.54, 1.807) is 0 Å². The molecule has 0 atom stereocenters. The molecule has 0 radical (unpaired) electrons. The van der Waals surface area contributed by atoms with Gasteiger partial charge in [0, 0.05) is 18.3 Å². The van der Waals surface area contributed by atoms with E-state index in [1.165, 1.54) is 6.42 Å². The van der Waals surface area contributed by atoms with Gasteiger partial charge in [0.05, 0.1) is 0 Å². The van der Waals surface area contributed by atoms with Gasteiger partial charge in [-0.3, -0.25) is 0 Å². The summed E-state index contributed by atoms with van der Waals surface area (Å²) in [7, 11) is 0. The predicted octanol–water partition coefficient (Wildman–Crippen LogP) is 1.70. The summed E-state index contributed by atoms with van der Waals surface area (Å²) in [4.78, 5) is 11.6. The van der Waals surface area contributed by atoms with E-state index in [1.807, 2.05) is 24.3 Å². The van der Waals surface area contributed by atoms with Crippen molar-refractivity contribution in [2.45, 2.75) is 25.3 Å². The molecule has 1 aliphatic rings. The molecule has 5 heteroatoms. The van der Waals surface area contributed by atoms with Gasteiger partial charge < -0.3 is 21.1 Å². The maximum absolute atomic E-state index is 11.6. The molecule has 98 valence electrons. The van der Waals surface area contributed by atoms with Gasteiger partial charge in [-0.05, 0) is 43.5 Å². The van der Waals surface area contributed by atoms with Crippen molar-refractivity contribution in [1.82, 2.24) is 5.32 Å². The average Bonchev–Trinajstić information content (AvgIpc) is 2.33. The first-order valence-corrected chi connectivity index (χ1v) is 6.28. The van der Waals surface area contributed by atoms with Crippen LogP contribution < -0.4 is 21.1 Å². The quantitative estimate of drug-likeness (QED) is 0.743. The third kappa shape index (κ3) is 3.63. The molecule has 0 aliphatic heterocycles. The van der Waals surface area contributed by atoms with Gasteiger partial charge in [0.25, 0.3) is 0 Å². The highest BCUT2D eigenvalue weighted by Crippen LogP contribution is 2.19. The van der Waals surface area contributed by atoms with Gasteiger partial charge >= 0.3 is 6.03 Å². The molecule has 0 spiro atoms. The average molecular weight is 249 g/mol. The zero-order valence-corrected chi connectivity index (χ0v) is 10.3. The normalized spacial score (nSPS) is 14.7. The van der Waals surface area contributed by atoms with E-state index in [0.29, 0.717) is 19.2 Å². The van der Waals surface area contributed by atoms with Crippen molar-refractivity contribution in [3.63, 3.8) is 0 Å². The Kier molecular flexibility index (Phi) is 4.41. The number of nitrogens with one attached hydrogen (secondary N) is 2. The fourth-order valence-corrected chi connectivity index (χ4v) is 1.72. The van der Waals surface area contributed by atoms with Gasteiger partial charge in [0.2, 0.25) is 0 Å². The van der Waals surface area contributed by atoms with E-state index in [2.05, 4.69) is 10.6 Å². The van der Waals surface area contributed by atoms with E-state index in [-0.39, 0.29) is 6.03 Å². The molecule has 1 aliphatic carbocycles. The van der Waals surface area contributed by atoms with Gasteiger partial charge in [-0.1, -0.05) is 0 Å². The first kappa shape index (κ1) is 12.7. The van der Waals surface area contributed by atoms with Crippen LogP contribution >= 0.6 is 0 Å². The molecule has 2 amide bonds. The molecule has 4 N–H and O–H groups in total. The first-order valence-electron chi connectivity index (χ1n) is 6.28. The number of amides is 2. The van der Waals surface area contributed by atoms with Crippen molar-refractivity contribution in [3.05, 3.63) is 24.3 Å². The Morgan fingerprint density at radius 2 is 2.06 bits per heavy atom. The zero-order valence-electron chi connectivity index (χ0n) is 10.3. The number of nitrogens with two attached hydrogens (primary N) is 1. The van der Waals surface area contributed by atoms with Crippen molar-refractivity contribution in [2.75, 3.05) is 18.5 Å². The molecular weight excluding hydrogens is 230 g/mol. The highest BCUT2D eigenvalue weighted by Gasteiger charge is 2.19. The van der Waals surface area contributed by atoms with Crippen LogP contribution in [0.5, 0.6) is 5.75 Å². The molecule has 5 nitrogen and oxygen atoms in total. The third-order valence-electron chi connectivity index (χ3n) is 2.94.